The van der Waals surface area contributed by atoms with Crippen molar-refractivity contribution in [2.45, 2.75) is 19.4 Å². The minimum atomic E-state index is -0.261. The highest BCUT2D eigenvalue weighted by atomic mass is 32.2. The average Bonchev–Trinajstić information content (AvgIpc) is 3.33. The molecule has 4 aromatic carbocycles. The molecule has 0 fully saturated rings. The van der Waals surface area contributed by atoms with Crippen molar-refractivity contribution in [3.05, 3.63) is 108 Å². The fourth-order valence-corrected chi connectivity index (χ4v) is 5.46. The topological polar surface area (TPSA) is 37.6 Å². The van der Waals surface area contributed by atoms with Gasteiger partial charge in [0.05, 0.1) is 12.3 Å². The summed E-state index contributed by atoms with van der Waals surface area (Å²) in [6.45, 7) is 2.20. The van der Waals surface area contributed by atoms with Gasteiger partial charge in [0.25, 0.3) is 0 Å². The number of hydrogen-bond acceptors (Lipinski definition) is 5. The largest absolute Gasteiger partial charge is 0.494 e. The standard InChI is InChI=1S/C33H33FN2O2S/c1-35-23-30-29-21-28(24-11-5-3-6-12-24)31(22-32(29)38-33(30)25-15-17-26(34)18-16-25)36(39-2)19-9-10-20-37-27-13-7-4-8-14-27/h3-8,11-18,21-22,35H,9-10,19-20,23H2,1-2H3. The van der Waals surface area contributed by atoms with Gasteiger partial charge in [-0.15, -0.1) is 0 Å². The third-order valence-electron chi connectivity index (χ3n) is 6.71. The van der Waals surface area contributed by atoms with Crippen molar-refractivity contribution in [1.82, 2.24) is 5.32 Å². The number of benzene rings is 4. The van der Waals surface area contributed by atoms with Crippen LogP contribution in [0.15, 0.2) is 101 Å². The van der Waals surface area contributed by atoms with Gasteiger partial charge in [0.1, 0.15) is 22.9 Å². The smallest absolute Gasteiger partial charge is 0.139 e. The molecule has 0 radical (unpaired) electrons. The molecule has 0 atom stereocenters. The van der Waals surface area contributed by atoms with E-state index < -0.39 is 0 Å². The Bertz CT molecular complexity index is 1490. The third kappa shape index (κ3) is 6.29. The minimum absolute atomic E-state index is 0.261. The number of fused-ring (bicyclic) bond motifs is 1. The molecular weight excluding hydrogens is 507 g/mol. The van der Waals surface area contributed by atoms with Crippen molar-refractivity contribution in [3.8, 4) is 28.2 Å². The number of nitrogens with zero attached hydrogens (tertiary/aromatic N) is 1. The molecular formula is C33H33FN2O2S. The summed E-state index contributed by atoms with van der Waals surface area (Å²) in [4.78, 5) is 0. The van der Waals surface area contributed by atoms with E-state index >= 15 is 0 Å². The molecule has 6 heteroatoms. The van der Waals surface area contributed by atoms with Crippen LogP contribution in [-0.4, -0.2) is 26.5 Å². The van der Waals surface area contributed by atoms with Gasteiger partial charge in [-0.3, -0.25) is 0 Å². The number of anilines is 1. The molecule has 0 saturated carbocycles. The Balaban J connectivity index is 1.48. The first-order valence-electron chi connectivity index (χ1n) is 13.2. The Morgan fingerprint density at radius 2 is 1.59 bits per heavy atom. The molecule has 1 aromatic heterocycles. The van der Waals surface area contributed by atoms with E-state index in [0.29, 0.717) is 13.2 Å². The van der Waals surface area contributed by atoms with Crippen LogP contribution < -0.4 is 14.4 Å². The first-order valence-corrected chi connectivity index (χ1v) is 14.4. The maximum absolute atomic E-state index is 13.7. The van der Waals surface area contributed by atoms with Gasteiger partial charge in [0, 0.05) is 47.5 Å². The lowest BCUT2D eigenvalue weighted by molar-refractivity contribution is 0.308. The maximum Gasteiger partial charge on any atom is 0.139 e. The summed E-state index contributed by atoms with van der Waals surface area (Å²) in [6.07, 6.45) is 4.05. The van der Waals surface area contributed by atoms with Crippen LogP contribution in [-0.2, 0) is 6.54 Å². The zero-order valence-electron chi connectivity index (χ0n) is 22.3. The second kappa shape index (κ2) is 12.9. The van der Waals surface area contributed by atoms with E-state index in [9.17, 15) is 4.39 Å². The van der Waals surface area contributed by atoms with Crippen LogP contribution in [0.2, 0.25) is 0 Å². The SMILES string of the molecule is CNCc1c(-c2ccc(F)cc2)oc2cc(N(CCCCOc3ccccc3)SC)c(-c3ccccc3)cc12. The van der Waals surface area contributed by atoms with E-state index in [1.165, 1.54) is 12.1 Å². The highest BCUT2D eigenvalue weighted by Crippen LogP contribution is 2.42. The van der Waals surface area contributed by atoms with E-state index in [0.717, 1.165) is 69.8 Å². The molecule has 0 aliphatic rings. The normalized spacial score (nSPS) is 11.2. The lowest BCUT2D eigenvalue weighted by atomic mass is 9.98. The Morgan fingerprint density at radius 3 is 2.28 bits per heavy atom. The van der Waals surface area contributed by atoms with E-state index in [1.807, 2.05) is 43.4 Å². The average molecular weight is 541 g/mol. The molecule has 0 saturated heterocycles. The van der Waals surface area contributed by atoms with Crippen molar-refractivity contribution in [3.63, 3.8) is 0 Å². The van der Waals surface area contributed by atoms with Gasteiger partial charge < -0.3 is 18.8 Å². The predicted octanol–water partition coefficient (Wildman–Crippen LogP) is 8.57. The van der Waals surface area contributed by atoms with Crippen LogP contribution in [0.4, 0.5) is 10.1 Å². The molecule has 0 bridgehead atoms. The summed E-state index contributed by atoms with van der Waals surface area (Å²) in [5.74, 6) is 1.41. The summed E-state index contributed by atoms with van der Waals surface area (Å²) in [6, 6.07) is 31.3. The van der Waals surface area contributed by atoms with E-state index in [1.54, 1.807) is 24.1 Å². The summed E-state index contributed by atoms with van der Waals surface area (Å²) in [5, 5.41) is 4.34. The van der Waals surface area contributed by atoms with Gasteiger partial charge in [-0.1, -0.05) is 60.5 Å². The van der Waals surface area contributed by atoms with Gasteiger partial charge in [0.15, 0.2) is 0 Å². The highest BCUT2D eigenvalue weighted by Gasteiger charge is 2.21. The van der Waals surface area contributed by atoms with Crippen molar-refractivity contribution >= 4 is 28.6 Å². The molecule has 1 N–H and O–H groups in total. The van der Waals surface area contributed by atoms with Gasteiger partial charge >= 0.3 is 0 Å². The molecule has 200 valence electrons. The zero-order chi connectivity index (χ0) is 27.0. The summed E-state index contributed by atoms with van der Waals surface area (Å²) in [7, 11) is 1.93. The van der Waals surface area contributed by atoms with Crippen LogP contribution >= 0.6 is 11.9 Å². The Morgan fingerprint density at radius 1 is 0.872 bits per heavy atom. The Labute approximate surface area is 233 Å². The molecule has 0 aliphatic heterocycles. The van der Waals surface area contributed by atoms with Crippen LogP contribution in [0.3, 0.4) is 0 Å². The lowest BCUT2D eigenvalue weighted by Crippen LogP contribution is -2.17. The van der Waals surface area contributed by atoms with Crippen LogP contribution in [0.25, 0.3) is 33.4 Å². The summed E-state index contributed by atoms with van der Waals surface area (Å²) < 4.78 is 28.4. The van der Waals surface area contributed by atoms with Crippen LogP contribution in [0, 0.1) is 5.82 Å². The first-order chi connectivity index (χ1) is 19.2. The quantitative estimate of drug-likeness (QED) is 0.127. The number of unbranched alkanes of at least 4 members (excludes halogenated alkanes) is 1. The summed E-state index contributed by atoms with van der Waals surface area (Å²) in [5.41, 5.74) is 6.17. The minimum Gasteiger partial charge on any atom is -0.494 e. The van der Waals surface area contributed by atoms with Gasteiger partial charge in [0.2, 0.25) is 0 Å². The van der Waals surface area contributed by atoms with E-state index in [4.69, 9.17) is 9.15 Å². The molecule has 39 heavy (non-hydrogen) atoms. The summed E-state index contributed by atoms with van der Waals surface area (Å²) >= 11 is 1.71. The molecule has 0 unspecified atom stereocenters. The number of halogens is 1. The fourth-order valence-electron chi connectivity index (χ4n) is 4.80. The second-order valence-electron chi connectivity index (χ2n) is 9.33. The van der Waals surface area contributed by atoms with Crippen LogP contribution in [0.1, 0.15) is 18.4 Å². The van der Waals surface area contributed by atoms with Gasteiger partial charge in [-0.05, 0) is 67.9 Å². The Hall–Kier alpha value is -3.74. The zero-order valence-corrected chi connectivity index (χ0v) is 23.1. The second-order valence-corrected chi connectivity index (χ2v) is 10.1. The van der Waals surface area contributed by atoms with Crippen molar-refractivity contribution in [2.75, 3.05) is 30.8 Å². The van der Waals surface area contributed by atoms with Gasteiger partial charge in [-0.25, -0.2) is 4.39 Å². The van der Waals surface area contributed by atoms with Gasteiger partial charge in [-0.2, -0.15) is 0 Å². The number of nitrogens with one attached hydrogen (secondary N) is 1. The van der Waals surface area contributed by atoms with Crippen molar-refractivity contribution in [2.24, 2.45) is 0 Å². The Kier molecular flexibility index (Phi) is 8.86. The highest BCUT2D eigenvalue weighted by molar-refractivity contribution is 8.00. The number of rotatable bonds is 12. The number of furan rings is 1. The molecule has 0 amide bonds. The van der Waals surface area contributed by atoms with Crippen molar-refractivity contribution in [1.29, 1.82) is 0 Å². The van der Waals surface area contributed by atoms with E-state index in [-0.39, 0.29) is 5.82 Å². The van der Waals surface area contributed by atoms with Crippen LogP contribution in [0.5, 0.6) is 5.75 Å². The molecule has 5 aromatic rings. The number of ether oxygens (including phenoxy) is 1. The lowest BCUT2D eigenvalue weighted by Gasteiger charge is -2.25. The van der Waals surface area contributed by atoms with E-state index in [2.05, 4.69) is 52.3 Å². The predicted molar refractivity (Wildman–Crippen MR) is 162 cm³/mol. The number of hydrogen-bond donors (Lipinski definition) is 1. The fraction of sp³-hybridized carbons (Fsp3) is 0.212. The number of para-hydroxylation sites is 1. The maximum atomic E-state index is 13.7. The van der Waals surface area contributed by atoms with Crippen molar-refractivity contribution < 1.29 is 13.5 Å². The molecule has 0 aliphatic carbocycles. The third-order valence-corrected chi connectivity index (χ3v) is 7.53. The molecule has 1 heterocycles. The monoisotopic (exact) mass is 540 g/mol. The molecule has 5 rings (SSSR count). The molecule has 4 nitrogen and oxygen atoms in total. The first kappa shape index (κ1) is 26.9. The molecule has 0 spiro atoms.